The quantitative estimate of drug-likeness (QED) is 0.335. The van der Waals surface area contributed by atoms with Crippen molar-refractivity contribution in [2.24, 2.45) is 5.92 Å². The Bertz CT molecular complexity index is 879. The Hall–Kier alpha value is -3.55. The molecule has 2 aromatic carbocycles. The first kappa shape index (κ1) is 18.2. The maximum atomic E-state index is 12.2. The van der Waals surface area contributed by atoms with Crippen LogP contribution >= 0.6 is 0 Å². The zero-order valence-corrected chi connectivity index (χ0v) is 14.2. The lowest BCUT2D eigenvalue weighted by atomic mass is 10.1. The summed E-state index contributed by atoms with van der Waals surface area (Å²) in [5, 5.41) is 10.6. The number of para-hydroxylation sites is 1. The number of ketones is 1. The van der Waals surface area contributed by atoms with Crippen molar-refractivity contribution in [3.63, 3.8) is 0 Å². The number of amides is 1. The number of non-ortho nitro benzene ring substituents is 1. The molecule has 1 saturated heterocycles. The number of ether oxygens (including phenoxy) is 1. The van der Waals surface area contributed by atoms with Crippen LogP contribution in [0, 0.1) is 16.0 Å². The first-order valence-electron chi connectivity index (χ1n) is 8.25. The smallest absolute Gasteiger partial charge is 0.311 e. The molecule has 0 saturated carbocycles. The summed E-state index contributed by atoms with van der Waals surface area (Å²) in [6.07, 6.45) is 0.0272. The van der Waals surface area contributed by atoms with Crippen molar-refractivity contribution >= 4 is 29.0 Å². The molecule has 2 aromatic rings. The Kier molecular flexibility index (Phi) is 5.25. The minimum Gasteiger partial charge on any atom is -0.457 e. The summed E-state index contributed by atoms with van der Waals surface area (Å²) in [7, 11) is 0. The summed E-state index contributed by atoms with van der Waals surface area (Å²) in [5.41, 5.74) is 0.788. The van der Waals surface area contributed by atoms with Crippen LogP contribution in [0.2, 0.25) is 0 Å². The lowest BCUT2D eigenvalue weighted by molar-refractivity contribution is -0.384. The van der Waals surface area contributed by atoms with E-state index in [9.17, 15) is 24.5 Å². The van der Waals surface area contributed by atoms with Gasteiger partial charge in [-0.05, 0) is 24.3 Å². The van der Waals surface area contributed by atoms with E-state index >= 15 is 0 Å². The van der Waals surface area contributed by atoms with E-state index in [0.717, 1.165) is 0 Å². The molecular formula is C19H16N2O6. The van der Waals surface area contributed by atoms with Crippen LogP contribution in [0.15, 0.2) is 54.6 Å². The minimum absolute atomic E-state index is 0.0272. The number of carbonyl (C=O) groups is 3. The average molecular weight is 368 g/mol. The first-order valence-corrected chi connectivity index (χ1v) is 8.25. The Morgan fingerprint density at radius 2 is 1.78 bits per heavy atom. The standard InChI is InChI=1S/C19H16N2O6/c22-17(13-6-8-16(9-7-13)21(25)26)12-27-19(24)14-10-18(23)20(11-14)15-4-2-1-3-5-15/h1-9,14H,10-12H2. The molecule has 1 atom stereocenters. The van der Waals surface area contributed by atoms with Crippen molar-refractivity contribution in [2.75, 3.05) is 18.1 Å². The average Bonchev–Trinajstić information content (AvgIpc) is 3.08. The molecule has 1 heterocycles. The van der Waals surface area contributed by atoms with Crippen molar-refractivity contribution in [1.82, 2.24) is 0 Å². The van der Waals surface area contributed by atoms with E-state index in [1.165, 1.54) is 29.2 Å². The molecule has 0 bridgehead atoms. The van der Waals surface area contributed by atoms with Crippen LogP contribution in [0.4, 0.5) is 11.4 Å². The SMILES string of the molecule is O=C(COC(=O)C1CC(=O)N(c2ccccc2)C1)c1ccc([N+](=O)[O-])cc1. The van der Waals surface area contributed by atoms with Gasteiger partial charge in [0.25, 0.3) is 5.69 Å². The Balaban J connectivity index is 1.55. The summed E-state index contributed by atoms with van der Waals surface area (Å²) in [6, 6.07) is 14.0. The summed E-state index contributed by atoms with van der Waals surface area (Å²) in [6.45, 7) is -0.278. The van der Waals surface area contributed by atoms with Crippen molar-refractivity contribution in [3.05, 3.63) is 70.3 Å². The highest BCUT2D eigenvalue weighted by Gasteiger charge is 2.36. The molecule has 1 aliphatic heterocycles. The number of rotatable bonds is 6. The second kappa shape index (κ2) is 7.77. The van der Waals surface area contributed by atoms with Gasteiger partial charge in [-0.15, -0.1) is 0 Å². The Labute approximate surface area is 154 Å². The third-order valence-electron chi connectivity index (χ3n) is 4.27. The number of nitro groups is 1. The fourth-order valence-electron chi connectivity index (χ4n) is 2.83. The molecule has 1 amide bonds. The summed E-state index contributed by atoms with van der Waals surface area (Å²) < 4.78 is 5.05. The second-order valence-electron chi connectivity index (χ2n) is 6.08. The van der Waals surface area contributed by atoms with Crippen molar-refractivity contribution in [2.45, 2.75) is 6.42 Å². The number of benzene rings is 2. The molecule has 0 radical (unpaired) electrons. The minimum atomic E-state index is -0.637. The maximum Gasteiger partial charge on any atom is 0.311 e. The van der Waals surface area contributed by atoms with E-state index < -0.39 is 29.2 Å². The van der Waals surface area contributed by atoms with Crippen LogP contribution in [-0.4, -0.2) is 35.7 Å². The molecule has 0 spiro atoms. The Morgan fingerprint density at radius 3 is 2.41 bits per heavy atom. The van der Waals surface area contributed by atoms with Crippen LogP contribution in [0.5, 0.6) is 0 Å². The number of Topliss-reactive ketones (excluding diaryl/α,β-unsaturated/α-hetero) is 1. The van der Waals surface area contributed by atoms with Crippen molar-refractivity contribution in [3.8, 4) is 0 Å². The molecule has 0 aliphatic carbocycles. The number of hydrogen-bond acceptors (Lipinski definition) is 6. The molecule has 1 fully saturated rings. The van der Waals surface area contributed by atoms with E-state index in [1.54, 1.807) is 24.3 Å². The number of nitrogens with zero attached hydrogens (tertiary/aromatic N) is 2. The van der Waals surface area contributed by atoms with Gasteiger partial charge in [-0.2, -0.15) is 0 Å². The third kappa shape index (κ3) is 4.17. The molecule has 1 aliphatic rings. The van der Waals surface area contributed by atoms with Crippen molar-refractivity contribution < 1.29 is 24.0 Å². The van der Waals surface area contributed by atoms with Gasteiger partial charge < -0.3 is 9.64 Å². The van der Waals surface area contributed by atoms with Crippen molar-refractivity contribution in [1.29, 1.82) is 0 Å². The second-order valence-corrected chi connectivity index (χ2v) is 6.08. The Morgan fingerprint density at radius 1 is 1.11 bits per heavy atom. The molecule has 8 heteroatoms. The van der Waals surface area contributed by atoms with Crippen LogP contribution in [0.25, 0.3) is 0 Å². The zero-order chi connectivity index (χ0) is 19.4. The van der Waals surface area contributed by atoms with Crippen LogP contribution in [0.1, 0.15) is 16.8 Å². The van der Waals surface area contributed by atoms with Gasteiger partial charge in [-0.1, -0.05) is 18.2 Å². The lowest BCUT2D eigenvalue weighted by Gasteiger charge is -2.16. The molecule has 27 heavy (non-hydrogen) atoms. The maximum absolute atomic E-state index is 12.2. The molecule has 0 N–H and O–H groups in total. The summed E-state index contributed by atoms with van der Waals surface area (Å²) >= 11 is 0. The highest BCUT2D eigenvalue weighted by molar-refractivity contribution is 6.01. The largest absolute Gasteiger partial charge is 0.457 e. The number of esters is 1. The molecule has 3 rings (SSSR count). The predicted molar refractivity (Wildman–Crippen MR) is 95.3 cm³/mol. The van der Waals surface area contributed by atoms with E-state index in [1.807, 2.05) is 6.07 Å². The zero-order valence-electron chi connectivity index (χ0n) is 14.2. The van der Waals surface area contributed by atoms with Gasteiger partial charge in [-0.25, -0.2) is 0 Å². The molecule has 138 valence electrons. The van der Waals surface area contributed by atoms with Gasteiger partial charge in [0.05, 0.1) is 10.8 Å². The normalized spacial score (nSPS) is 16.2. The topological polar surface area (TPSA) is 107 Å². The highest BCUT2D eigenvalue weighted by Crippen LogP contribution is 2.25. The number of anilines is 1. The number of carbonyl (C=O) groups excluding carboxylic acids is 3. The van der Waals surface area contributed by atoms with E-state index in [2.05, 4.69) is 0 Å². The number of hydrogen-bond donors (Lipinski definition) is 0. The molecular weight excluding hydrogens is 352 g/mol. The highest BCUT2D eigenvalue weighted by atomic mass is 16.6. The van der Waals surface area contributed by atoms with Crippen LogP contribution < -0.4 is 4.90 Å². The third-order valence-corrected chi connectivity index (χ3v) is 4.27. The van der Waals surface area contributed by atoms with Gasteiger partial charge >= 0.3 is 5.97 Å². The van der Waals surface area contributed by atoms with Crippen LogP contribution in [0.3, 0.4) is 0 Å². The first-order chi connectivity index (χ1) is 13.0. The van der Waals surface area contributed by atoms with E-state index in [4.69, 9.17) is 4.74 Å². The van der Waals surface area contributed by atoms with E-state index in [-0.39, 0.29) is 30.1 Å². The van der Waals surface area contributed by atoms with Gasteiger partial charge in [0.2, 0.25) is 5.91 Å². The van der Waals surface area contributed by atoms with E-state index in [0.29, 0.717) is 5.69 Å². The molecule has 0 aromatic heterocycles. The molecule has 1 unspecified atom stereocenters. The lowest BCUT2D eigenvalue weighted by Crippen LogP contribution is -2.27. The monoisotopic (exact) mass is 368 g/mol. The van der Waals surface area contributed by atoms with Gasteiger partial charge in [0.1, 0.15) is 0 Å². The van der Waals surface area contributed by atoms with Gasteiger partial charge in [0.15, 0.2) is 12.4 Å². The van der Waals surface area contributed by atoms with Gasteiger partial charge in [-0.3, -0.25) is 24.5 Å². The van der Waals surface area contributed by atoms with Gasteiger partial charge in [0, 0.05) is 36.3 Å². The fraction of sp³-hybridized carbons (Fsp3) is 0.211. The molecule has 8 nitrogen and oxygen atoms in total. The summed E-state index contributed by atoms with van der Waals surface area (Å²) in [5.74, 6) is -1.90. The number of nitro benzene ring substituents is 1. The summed E-state index contributed by atoms with van der Waals surface area (Å²) in [4.78, 5) is 48.0. The fourth-order valence-corrected chi connectivity index (χ4v) is 2.83. The predicted octanol–water partition coefficient (Wildman–Crippen LogP) is 2.37. The van der Waals surface area contributed by atoms with Crippen LogP contribution in [-0.2, 0) is 14.3 Å².